The van der Waals surface area contributed by atoms with Crippen LogP contribution in [0.1, 0.15) is 21.7 Å². The van der Waals surface area contributed by atoms with Gasteiger partial charge in [0.05, 0.1) is 24.5 Å². The number of rotatable bonds is 7. The number of ether oxygens (including phenoxy) is 1. The van der Waals surface area contributed by atoms with Gasteiger partial charge in [0, 0.05) is 39.2 Å². The van der Waals surface area contributed by atoms with Gasteiger partial charge in [-0.3, -0.25) is 9.48 Å². The maximum absolute atomic E-state index is 14.0. The summed E-state index contributed by atoms with van der Waals surface area (Å²) in [6.45, 7) is 2.16. The van der Waals surface area contributed by atoms with E-state index in [1.54, 1.807) is 41.0 Å². The number of methoxy groups -OCH3 is 1. The van der Waals surface area contributed by atoms with Gasteiger partial charge in [0.25, 0.3) is 5.91 Å². The van der Waals surface area contributed by atoms with Gasteiger partial charge in [0.1, 0.15) is 17.1 Å². The van der Waals surface area contributed by atoms with Crippen LogP contribution in [0.2, 0.25) is 0 Å². The average Bonchev–Trinajstić information content (AvgIpc) is 3.48. The lowest BCUT2D eigenvalue weighted by Crippen LogP contribution is -2.60. The molecule has 196 valence electrons. The first-order chi connectivity index (χ1) is 18.1. The number of carbonyl (C=O) groups is 1. The van der Waals surface area contributed by atoms with E-state index in [0.717, 1.165) is 17.7 Å². The number of nitrogens with one attached hydrogen (secondary N) is 1. The van der Waals surface area contributed by atoms with Gasteiger partial charge in [-0.25, -0.2) is 23.7 Å². The molecule has 0 saturated carbocycles. The van der Waals surface area contributed by atoms with Crippen molar-refractivity contribution in [2.45, 2.75) is 25.1 Å². The summed E-state index contributed by atoms with van der Waals surface area (Å²) in [6.07, 6.45) is 5.00. The van der Waals surface area contributed by atoms with Gasteiger partial charge in [-0.05, 0) is 30.2 Å². The second-order valence-electron chi connectivity index (χ2n) is 9.23. The molecule has 0 fully saturated rings. The molecule has 0 radical (unpaired) electrons. The Hall–Kier alpha value is -4.17. The van der Waals surface area contributed by atoms with Crippen LogP contribution in [0.5, 0.6) is 0 Å². The molecule has 4 aromatic rings. The number of carbonyl (C=O) groups excluding carboxylic acids is 1. The van der Waals surface area contributed by atoms with Crippen LogP contribution in [0.15, 0.2) is 42.9 Å². The third kappa shape index (κ3) is 4.41. The summed E-state index contributed by atoms with van der Waals surface area (Å²) in [4.78, 5) is 28.4. The summed E-state index contributed by atoms with van der Waals surface area (Å²) >= 11 is 0. The number of aryl methyl sites for hydroxylation is 2. The van der Waals surface area contributed by atoms with Crippen molar-refractivity contribution >= 4 is 25.5 Å². The SMILES string of the molecule is BC(O)(c1ccc(F)c(F)c1)N1C(=O)c2nc(-c3nc(Nc4ccnn4C)ncc3C)cn2C[C@@H]1COC. The Balaban J connectivity index is 1.52. The van der Waals surface area contributed by atoms with E-state index in [9.17, 15) is 18.7 Å². The summed E-state index contributed by atoms with van der Waals surface area (Å²) in [5, 5.41) is 18.7. The molecule has 14 heteroatoms. The van der Waals surface area contributed by atoms with Crippen LogP contribution in [0.4, 0.5) is 20.5 Å². The molecule has 1 amide bonds. The predicted octanol–water partition coefficient (Wildman–Crippen LogP) is 1.31. The third-order valence-corrected chi connectivity index (χ3v) is 6.53. The van der Waals surface area contributed by atoms with Gasteiger partial charge in [0.2, 0.25) is 5.95 Å². The van der Waals surface area contributed by atoms with Crippen LogP contribution in [0.3, 0.4) is 0 Å². The lowest BCUT2D eigenvalue weighted by molar-refractivity contribution is -0.0707. The Labute approximate surface area is 217 Å². The fraction of sp³-hybridized carbons (Fsp3) is 0.292. The molecule has 1 unspecified atom stereocenters. The summed E-state index contributed by atoms with van der Waals surface area (Å²) in [5.41, 5.74) is -0.267. The Bertz CT molecular complexity index is 1520. The minimum Gasteiger partial charge on any atom is -0.382 e. The van der Waals surface area contributed by atoms with Crippen molar-refractivity contribution in [1.82, 2.24) is 34.2 Å². The smallest absolute Gasteiger partial charge is 0.292 e. The van der Waals surface area contributed by atoms with Gasteiger partial charge < -0.3 is 24.6 Å². The summed E-state index contributed by atoms with van der Waals surface area (Å²) in [6, 6.07) is 4.18. The normalized spacial score (nSPS) is 16.8. The molecule has 0 bridgehead atoms. The fourth-order valence-electron chi connectivity index (χ4n) is 4.60. The van der Waals surface area contributed by atoms with Crippen molar-refractivity contribution in [3.63, 3.8) is 0 Å². The van der Waals surface area contributed by atoms with Crippen molar-refractivity contribution in [2.24, 2.45) is 7.05 Å². The van der Waals surface area contributed by atoms with Gasteiger partial charge in [-0.1, -0.05) is 6.07 Å². The predicted molar refractivity (Wildman–Crippen MR) is 135 cm³/mol. The number of imidazole rings is 1. The van der Waals surface area contributed by atoms with Crippen molar-refractivity contribution in [1.29, 1.82) is 0 Å². The zero-order valence-corrected chi connectivity index (χ0v) is 21.2. The molecular weight excluding hydrogens is 497 g/mol. The molecule has 2 atom stereocenters. The van der Waals surface area contributed by atoms with Gasteiger partial charge >= 0.3 is 0 Å². The molecule has 2 N–H and O–H groups in total. The molecule has 1 aromatic carbocycles. The lowest BCUT2D eigenvalue weighted by Gasteiger charge is -2.45. The quantitative estimate of drug-likeness (QED) is 0.349. The molecule has 1 aliphatic rings. The molecule has 4 heterocycles. The summed E-state index contributed by atoms with van der Waals surface area (Å²) in [7, 11) is 4.61. The topological polar surface area (TPSA) is 123 Å². The van der Waals surface area contributed by atoms with E-state index in [-0.39, 0.29) is 24.5 Å². The molecule has 0 saturated heterocycles. The number of amides is 1. The maximum atomic E-state index is 14.0. The van der Waals surface area contributed by atoms with Gasteiger partial charge in [-0.2, -0.15) is 5.10 Å². The van der Waals surface area contributed by atoms with Gasteiger partial charge in [0.15, 0.2) is 25.3 Å². The first kappa shape index (κ1) is 25.5. The molecule has 5 rings (SSSR count). The highest BCUT2D eigenvalue weighted by Gasteiger charge is 2.45. The van der Waals surface area contributed by atoms with E-state index in [2.05, 4.69) is 25.4 Å². The van der Waals surface area contributed by atoms with E-state index >= 15 is 0 Å². The number of halogens is 2. The summed E-state index contributed by atoms with van der Waals surface area (Å²) in [5.74, 6) is -1.70. The Morgan fingerprint density at radius 3 is 2.74 bits per heavy atom. The highest BCUT2D eigenvalue weighted by molar-refractivity contribution is 6.16. The first-order valence-corrected chi connectivity index (χ1v) is 11.8. The fourth-order valence-corrected chi connectivity index (χ4v) is 4.60. The number of benzene rings is 1. The number of aliphatic hydroxyl groups is 1. The Morgan fingerprint density at radius 1 is 1.26 bits per heavy atom. The molecule has 38 heavy (non-hydrogen) atoms. The van der Waals surface area contributed by atoms with Gasteiger partial charge in [-0.15, -0.1) is 0 Å². The van der Waals surface area contributed by atoms with E-state index in [1.807, 2.05) is 6.92 Å². The van der Waals surface area contributed by atoms with Crippen LogP contribution in [0, 0.1) is 18.6 Å². The van der Waals surface area contributed by atoms with E-state index in [4.69, 9.17) is 4.74 Å². The van der Waals surface area contributed by atoms with E-state index < -0.39 is 29.2 Å². The Kier molecular flexibility index (Phi) is 6.45. The van der Waals surface area contributed by atoms with Crippen molar-refractivity contribution in [3.8, 4) is 11.4 Å². The van der Waals surface area contributed by atoms with Crippen LogP contribution >= 0.6 is 0 Å². The standard InChI is InChI=1S/C24H25BF2N8O3/c1-13-9-28-23(31-19-6-7-29-33(19)2)32-20(13)18-11-34-10-15(12-38-3)35(22(36)21(34)30-18)24(25,37)14-4-5-16(26)17(27)8-14/h4-9,11,15,37H,10,12,25H2,1-3H3,(H,28,31,32)/t15-,24?/m1/s1. The largest absolute Gasteiger partial charge is 0.382 e. The van der Waals surface area contributed by atoms with Crippen LogP contribution in [-0.4, -0.2) is 72.8 Å². The monoisotopic (exact) mass is 522 g/mol. The number of hydrogen-bond acceptors (Lipinski definition) is 8. The molecule has 3 aromatic heterocycles. The highest BCUT2D eigenvalue weighted by atomic mass is 19.2. The average molecular weight is 522 g/mol. The first-order valence-electron chi connectivity index (χ1n) is 11.8. The highest BCUT2D eigenvalue weighted by Crippen LogP contribution is 2.33. The molecule has 11 nitrogen and oxygen atoms in total. The van der Waals surface area contributed by atoms with Crippen LogP contribution < -0.4 is 5.32 Å². The number of aromatic nitrogens is 6. The zero-order chi connectivity index (χ0) is 27.2. The summed E-state index contributed by atoms with van der Waals surface area (Å²) < 4.78 is 36.2. The van der Waals surface area contributed by atoms with Crippen LogP contribution in [0.25, 0.3) is 11.4 Å². The molecule has 1 aliphatic heterocycles. The van der Waals surface area contributed by atoms with Crippen molar-refractivity contribution in [2.75, 3.05) is 19.0 Å². The zero-order valence-electron chi connectivity index (χ0n) is 21.2. The number of nitrogens with zero attached hydrogens (tertiary/aromatic N) is 7. The maximum Gasteiger partial charge on any atom is 0.292 e. The Morgan fingerprint density at radius 2 is 2.05 bits per heavy atom. The second-order valence-corrected chi connectivity index (χ2v) is 9.23. The van der Waals surface area contributed by atoms with E-state index in [0.29, 0.717) is 23.2 Å². The second kappa shape index (κ2) is 9.61. The van der Waals surface area contributed by atoms with Crippen molar-refractivity contribution in [3.05, 3.63) is 71.4 Å². The van der Waals surface area contributed by atoms with E-state index in [1.165, 1.54) is 25.9 Å². The number of anilines is 2. The lowest BCUT2D eigenvalue weighted by atomic mass is 9.80. The minimum absolute atomic E-state index is 0.0172. The molecule has 0 aliphatic carbocycles. The number of hydrogen-bond donors (Lipinski definition) is 2. The minimum atomic E-state index is -1.97. The molecule has 0 spiro atoms. The molecular formula is C24H25BF2N8O3. The van der Waals surface area contributed by atoms with Crippen LogP contribution in [-0.2, 0) is 24.0 Å². The third-order valence-electron chi connectivity index (χ3n) is 6.53. The van der Waals surface area contributed by atoms with Crippen molar-refractivity contribution < 1.29 is 23.4 Å². The number of fused-ring (bicyclic) bond motifs is 1.